The first-order valence-corrected chi connectivity index (χ1v) is 4.70. The minimum atomic E-state index is -0.846. The molecule has 1 aliphatic heterocycles. The number of carbonyl (C=O) groups is 3. The molecule has 1 N–H and O–H groups in total. The van der Waals surface area contributed by atoms with Crippen LogP contribution < -0.4 is 0 Å². The Morgan fingerprint density at radius 3 is 2.60 bits per heavy atom. The van der Waals surface area contributed by atoms with Gasteiger partial charge in [0.05, 0.1) is 6.42 Å². The van der Waals surface area contributed by atoms with E-state index < -0.39 is 17.5 Å². The van der Waals surface area contributed by atoms with Gasteiger partial charge in [-0.3, -0.25) is 9.59 Å². The highest BCUT2D eigenvalue weighted by Gasteiger charge is 2.32. The molecule has 0 aromatic heterocycles. The second-order valence-corrected chi connectivity index (χ2v) is 3.29. The molecule has 0 aromatic rings. The maximum absolute atomic E-state index is 11.2. The van der Waals surface area contributed by atoms with Gasteiger partial charge in [0.25, 0.3) is 0 Å². The zero-order valence-corrected chi connectivity index (χ0v) is 8.41. The van der Waals surface area contributed by atoms with Crippen LogP contribution in [0.4, 0.5) is 0 Å². The molecule has 0 spiro atoms. The molecule has 0 amide bonds. The summed E-state index contributed by atoms with van der Waals surface area (Å²) in [7, 11) is 0. The molecule has 1 saturated heterocycles. The molecule has 0 radical (unpaired) electrons. The van der Waals surface area contributed by atoms with E-state index in [9.17, 15) is 19.5 Å². The minimum absolute atomic E-state index is 0.199. The van der Waals surface area contributed by atoms with Crippen LogP contribution >= 0.6 is 0 Å². The standard InChI is InChI=1S/C10H12O5/c1-2-3-6(11)4-7(12)9-8(13)5-15-10(9)14/h12H,2-5H2,1H3. The van der Waals surface area contributed by atoms with E-state index in [4.69, 9.17) is 0 Å². The van der Waals surface area contributed by atoms with E-state index in [1.807, 2.05) is 6.92 Å². The molecule has 5 nitrogen and oxygen atoms in total. The second kappa shape index (κ2) is 4.72. The fourth-order valence-electron chi connectivity index (χ4n) is 1.31. The van der Waals surface area contributed by atoms with Gasteiger partial charge in [0.2, 0.25) is 5.78 Å². The maximum Gasteiger partial charge on any atom is 0.345 e. The van der Waals surface area contributed by atoms with Gasteiger partial charge in [0.15, 0.2) is 6.61 Å². The van der Waals surface area contributed by atoms with Crippen LogP contribution in [-0.4, -0.2) is 29.2 Å². The molecule has 0 unspecified atom stereocenters. The van der Waals surface area contributed by atoms with E-state index in [1.165, 1.54) is 0 Å². The van der Waals surface area contributed by atoms with E-state index >= 15 is 0 Å². The lowest BCUT2D eigenvalue weighted by molar-refractivity contribution is -0.135. The Morgan fingerprint density at radius 2 is 2.13 bits per heavy atom. The summed E-state index contributed by atoms with van der Waals surface area (Å²) in [6.07, 6.45) is 0.713. The number of hydrogen-bond acceptors (Lipinski definition) is 5. The molecular weight excluding hydrogens is 200 g/mol. The molecule has 0 aromatic carbocycles. The first-order valence-electron chi connectivity index (χ1n) is 4.70. The van der Waals surface area contributed by atoms with Crippen molar-refractivity contribution >= 4 is 17.5 Å². The van der Waals surface area contributed by atoms with Gasteiger partial charge in [0, 0.05) is 6.42 Å². The number of Topliss-reactive ketones (excluding diaryl/α,β-unsaturated/α-hetero) is 2. The van der Waals surface area contributed by atoms with Crippen LogP contribution in [0.15, 0.2) is 11.3 Å². The van der Waals surface area contributed by atoms with Gasteiger partial charge in [-0.15, -0.1) is 0 Å². The Labute approximate surface area is 86.7 Å². The van der Waals surface area contributed by atoms with Gasteiger partial charge in [-0.25, -0.2) is 4.79 Å². The molecule has 0 bridgehead atoms. The van der Waals surface area contributed by atoms with E-state index in [2.05, 4.69) is 4.74 Å². The van der Waals surface area contributed by atoms with Crippen molar-refractivity contribution in [1.82, 2.24) is 0 Å². The molecule has 1 heterocycles. The predicted molar refractivity (Wildman–Crippen MR) is 50.2 cm³/mol. The Bertz CT molecular complexity index is 322. The number of esters is 1. The van der Waals surface area contributed by atoms with Gasteiger partial charge >= 0.3 is 5.97 Å². The van der Waals surface area contributed by atoms with Crippen LogP contribution in [0.2, 0.25) is 0 Å². The highest BCUT2D eigenvalue weighted by atomic mass is 16.5. The van der Waals surface area contributed by atoms with Gasteiger partial charge in [-0.2, -0.15) is 0 Å². The monoisotopic (exact) mass is 212 g/mol. The summed E-state index contributed by atoms with van der Waals surface area (Å²) in [5.41, 5.74) is -0.376. The lowest BCUT2D eigenvalue weighted by Gasteiger charge is -1.99. The largest absolute Gasteiger partial charge is 0.511 e. The highest BCUT2D eigenvalue weighted by molar-refractivity contribution is 6.22. The molecule has 0 atom stereocenters. The fraction of sp³-hybridized carbons (Fsp3) is 0.500. The summed E-state index contributed by atoms with van der Waals surface area (Å²) >= 11 is 0. The molecule has 1 fully saturated rings. The zero-order valence-electron chi connectivity index (χ0n) is 8.41. The van der Waals surface area contributed by atoms with Crippen molar-refractivity contribution in [2.24, 2.45) is 0 Å². The first-order chi connectivity index (χ1) is 7.06. The van der Waals surface area contributed by atoms with Crippen LogP contribution in [-0.2, 0) is 19.1 Å². The van der Waals surface area contributed by atoms with Crippen molar-refractivity contribution in [2.45, 2.75) is 26.2 Å². The topological polar surface area (TPSA) is 80.7 Å². The second-order valence-electron chi connectivity index (χ2n) is 3.29. The van der Waals surface area contributed by atoms with Crippen molar-refractivity contribution in [2.75, 3.05) is 6.61 Å². The van der Waals surface area contributed by atoms with Crippen LogP contribution in [0.1, 0.15) is 26.2 Å². The first kappa shape index (κ1) is 11.4. The number of ketones is 2. The van der Waals surface area contributed by atoms with Crippen LogP contribution in [0.5, 0.6) is 0 Å². The summed E-state index contributed by atoms with van der Waals surface area (Å²) in [6.45, 7) is 1.48. The summed E-state index contributed by atoms with van der Waals surface area (Å²) in [4.78, 5) is 33.2. The lowest BCUT2D eigenvalue weighted by Crippen LogP contribution is -2.09. The smallest absolute Gasteiger partial charge is 0.345 e. The third-order valence-electron chi connectivity index (χ3n) is 2.00. The summed E-state index contributed by atoms with van der Waals surface area (Å²) in [6, 6.07) is 0. The van der Waals surface area contributed by atoms with Gasteiger partial charge in [-0.1, -0.05) is 6.92 Å². The van der Waals surface area contributed by atoms with Crippen molar-refractivity contribution in [3.8, 4) is 0 Å². The number of allylic oxidation sites excluding steroid dienone is 1. The summed E-state index contributed by atoms with van der Waals surface area (Å²) in [5.74, 6) is -2.08. The number of hydrogen-bond donors (Lipinski definition) is 1. The van der Waals surface area contributed by atoms with E-state index in [0.29, 0.717) is 12.8 Å². The van der Waals surface area contributed by atoms with Crippen molar-refractivity contribution in [1.29, 1.82) is 0 Å². The molecular formula is C10H12O5. The lowest BCUT2D eigenvalue weighted by atomic mass is 10.1. The molecule has 82 valence electrons. The summed E-state index contributed by atoms with van der Waals surface area (Å²) < 4.78 is 4.42. The summed E-state index contributed by atoms with van der Waals surface area (Å²) in [5, 5.41) is 9.42. The average Bonchev–Trinajstić information content (AvgIpc) is 2.46. The minimum Gasteiger partial charge on any atom is -0.511 e. The third kappa shape index (κ3) is 2.65. The van der Waals surface area contributed by atoms with Crippen LogP contribution in [0.3, 0.4) is 0 Å². The number of carbonyl (C=O) groups excluding carboxylic acids is 3. The Kier molecular flexibility index (Phi) is 3.60. The van der Waals surface area contributed by atoms with Crippen LogP contribution in [0.25, 0.3) is 0 Å². The third-order valence-corrected chi connectivity index (χ3v) is 2.00. The highest BCUT2D eigenvalue weighted by Crippen LogP contribution is 2.16. The molecule has 0 saturated carbocycles. The quantitative estimate of drug-likeness (QED) is 0.321. The van der Waals surface area contributed by atoms with E-state index in [0.717, 1.165) is 0 Å². The SMILES string of the molecule is CCCC(=O)CC(O)=C1C(=O)COC1=O. The number of cyclic esters (lactones) is 1. The number of rotatable bonds is 4. The molecule has 1 aliphatic rings. The number of aliphatic hydroxyl groups excluding tert-OH is 1. The van der Waals surface area contributed by atoms with Crippen LogP contribution in [0, 0.1) is 0 Å². The predicted octanol–water partition coefficient (Wildman–Crippen LogP) is 0.684. The normalized spacial score (nSPS) is 19.0. The maximum atomic E-state index is 11.2. The van der Waals surface area contributed by atoms with Gasteiger partial charge in [-0.05, 0) is 6.42 Å². The number of aliphatic hydroxyl groups is 1. The van der Waals surface area contributed by atoms with Gasteiger partial charge in [0.1, 0.15) is 17.1 Å². The Hall–Kier alpha value is -1.65. The number of ether oxygens (including phenoxy) is 1. The molecule has 15 heavy (non-hydrogen) atoms. The average molecular weight is 212 g/mol. The van der Waals surface area contributed by atoms with Gasteiger partial charge < -0.3 is 9.84 Å². The molecule has 5 heteroatoms. The Morgan fingerprint density at radius 1 is 1.47 bits per heavy atom. The van der Waals surface area contributed by atoms with Crippen molar-refractivity contribution in [3.63, 3.8) is 0 Å². The fourth-order valence-corrected chi connectivity index (χ4v) is 1.31. The van der Waals surface area contributed by atoms with Crippen molar-refractivity contribution < 1.29 is 24.2 Å². The van der Waals surface area contributed by atoms with Crippen molar-refractivity contribution in [3.05, 3.63) is 11.3 Å². The molecule has 1 rings (SSSR count). The van der Waals surface area contributed by atoms with E-state index in [-0.39, 0.29) is 24.4 Å². The van der Waals surface area contributed by atoms with E-state index in [1.54, 1.807) is 0 Å². The Balaban J connectivity index is 2.76. The molecule has 0 aliphatic carbocycles. The zero-order chi connectivity index (χ0) is 11.4.